The molecule has 120 valence electrons. The first-order valence-electron chi connectivity index (χ1n) is 7.26. The second-order valence-electron chi connectivity index (χ2n) is 5.95. The van der Waals surface area contributed by atoms with Crippen LogP contribution in [0.4, 0.5) is 0 Å². The maximum Gasteiger partial charge on any atom is 0.340 e. The minimum absolute atomic E-state index is 0.169. The van der Waals surface area contributed by atoms with E-state index in [1.807, 2.05) is 0 Å². The third-order valence-electron chi connectivity index (χ3n) is 3.70. The van der Waals surface area contributed by atoms with Crippen LogP contribution in [-0.2, 0) is 9.53 Å². The van der Waals surface area contributed by atoms with Gasteiger partial charge in [-0.1, -0.05) is 37.0 Å². The number of carbonyl (C=O) groups excluding carboxylic acids is 2. The Kier molecular flexibility index (Phi) is 5.70. The molecule has 0 bridgehead atoms. The molecule has 1 amide bonds. The molecular weight excluding hydrogens is 325 g/mol. The number of piperidine rings is 1. The van der Waals surface area contributed by atoms with Gasteiger partial charge in [-0.3, -0.25) is 4.79 Å². The van der Waals surface area contributed by atoms with Gasteiger partial charge < -0.3 is 9.64 Å². The largest absolute Gasteiger partial charge is 0.452 e. The zero-order valence-electron chi connectivity index (χ0n) is 12.6. The van der Waals surface area contributed by atoms with Crippen LogP contribution in [0.25, 0.3) is 0 Å². The van der Waals surface area contributed by atoms with Crippen LogP contribution in [-0.4, -0.2) is 36.5 Å². The van der Waals surface area contributed by atoms with Gasteiger partial charge >= 0.3 is 5.97 Å². The highest BCUT2D eigenvalue weighted by atomic mass is 35.5. The Labute approximate surface area is 140 Å². The van der Waals surface area contributed by atoms with Crippen molar-refractivity contribution in [1.82, 2.24) is 4.90 Å². The van der Waals surface area contributed by atoms with Crippen LogP contribution in [0, 0.1) is 11.8 Å². The molecule has 0 spiro atoms. The van der Waals surface area contributed by atoms with Gasteiger partial charge in [0, 0.05) is 18.1 Å². The Morgan fingerprint density at radius 3 is 2.50 bits per heavy atom. The average molecular weight is 344 g/mol. The molecule has 4 nitrogen and oxygen atoms in total. The van der Waals surface area contributed by atoms with Crippen molar-refractivity contribution in [3.05, 3.63) is 33.8 Å². The summed E-state index contributed by atoms with van der Waals surface area (Å²) in [5.41, 5.74) is 0.169. The van der Waals surface area contributed by atoms with E-state index < -0.39 is 5.97 Å². The van der Waals surface area contributed by atoms with Gasteiger partial charge in [0.05, 0.1) is 10.6 Å². The van der Waals surface area contributed by atoms with Crippen molar-refractivity contribution >= 4 is 35.1 Å². The van der Waals surface area contributed by atoms with Crippen LogP contribution >= 0.6 is 23.2 Å². The van der Waals surface area contributed by atoms with Gasteiger partial charge in [-0.2, -0.15) is 0 Å². The smallest absolute Gasteiger partial charge is 0.340 e. The number of amides is 1. The molecule has 1 aromatic carbocycles. The summed E-state index contributed by atoms with van der Waals surface area (Å²) in [6, 6.07) is 4.54. The number of benzene rings is 1. The lowest BCUT2D eigenvalue weighted by molar-refractivity contribution is -0.137. The van der Waals surface area contributed by atoms with Crippen molar-refractivity contribution in [2.24, 2.45) is 11.8 Å². The van der Waals surface area contributed by atoms with Crippen molar-refractivity contribution in [3.63, 3.8) is 0 Å². The minimum Gasteiger partial charge on any atom is -0.452 e. The monoisotopic (exact) mass is 343 g/mol. The molecule has 1 aromatic rings. The molecule has 22 heavy (non-hydrogen) atoms. The summed E-state index contributed by atoms with van der Waals surface area (Å²) in [4.78, 5) is 25.9. The SMILES string of the molecule is CC1CC(C)CN(C(=O)COC(=O)c2cc(Cl)ccc2Cl)C1. The number of hydrogen-bond donors (Lipinski definition) is 0. The zero-order valence-corrected chi connectivity index (χ0v) is 14.2. The number of carbonyl (C=O) groups is 2. The van der Waals surface area contributed by atoms with Crippen molar-refractivity contribution in [2.75, 3.05) is 19.7 Å². The Morgan fingerprint density at radius 1 is 1.23 bits per heavy atom. The number of hydrogen-bond acceptors (Lipinski definition) is 3. The second-order valence-corrected chi connectivity index (χ2v) is 6.79. The zero-order chi connectivity index (χ0) is 16.3. The highest BCUT2D eigenvalue weighted by Gasteiger charge is 2.26. The second kappa shape index (κ2) is 7.34. The highest BCUT2D eigenvalue weighted by molar-refractivity contribution is 6.35. The minimum atomic E-state index is -0.640. The van der Waals surface area contributed by atoms with Gasteiger partial charge in [0.15, 0.2) is 6.61 Å². The normalized spacial score (nSPS) is 21.5. The van der Waals surface area contributed by atoms with E-state index >= 15 is 0 Å². The van der Waals surface area contributed by atoms with Gasteiger partial charge in [-0.15, -0.1) is 0 Å². The lowest BCUT2D eigenvalue weighted by atomic mass is 9.92. The van der Waals surface area contributed by atoms with Crippen LogP contribution in [0.2, 0.25) is 10.0 Å². The van der Waals surface area contributed by atoms with Crippen LogP contribution < -0.4 is 0 Å². The molecule has 2 rings (SSSR count). The molecule has 2 unspecified atom stereocenters. The quantitative estimate of drug-likeness (QED) is 0.787. The summed E-state index contributed by atoms with van der Waals surface area (Å²) in [6.45, 7) is 5.37. The fourth-order valence-corrected chi connectivity index (χ4v) is 3.18. The standard InChI is InChI=1S/C16H19Cl2NO3/c1-10-5-11(2)8-19(7-10)15(20)9-22-16(21)13-6-12(17)3-4-14(13)18/h3-4,6,10-11H,5,7-9H2,1-2H3. The summed E-state index contributed by atoms with van der Waals surface area (Å²) >= 11 is 11.8. The van der Waals surface area contributed by atoms with Crippen molar-refractivity contribution in [3.8, 4) is 0 Å². The first-order chi connectivity index (χ1) is 10.4. The van der Waals surface area contributed by atoms with E-state index in [0.717, 1.165) is 6.42 Å². The number of likely N-dealkylation sites (tertiary alicyclic amines) is 1. The molecular formula is C16H19Cl2NO3. The summed E-state index contributed by atoms with van der Waals surface area (Å²) < 4.78 is 5.08. The molecule has 2 atom stereocenters. The van der Waals surface area contributed by atoms with Gasteiger partial charge in [0.2, 0.25) is 0 Å². The van der Waals surface area contributed by atoms with E-state index in [4.69, 9.17) is 27.9 Å². The van der Waals surface area contributed by atoms with Gasteiger partial charge in [0.1, 0.15) is 0 Å². The number of rotatable bonds is 3. The first kappa shape index (κ1) is 17.1. The van der Waals surface area contributed by atoms with Crippen molar-refractivity contribution in [2.45, 2.75) is 20.3 Å². The molecule has 1 fully saturated rings. The Hall–Kier alpha value is -1.26. The Balaban J connectivity index is 1.93. The van der Waals surface area contributed by atoms with Gasteiger partial charge in [0.25, 0.3) is 5.91 Å². The Bertz CT molecular complexity index is 567. The van der Waals surface area contributed by atoms with E-state index in [1.165, 1.54) is 12.1 Å². The van der Waals surface area contributed by atoms with E-state index in [0.29, 0.717) is 29.9 Å². The molecule has 6 heteroatoms. The molecule has 0 aliphatic carbocycles. The molecule has 1 aliphatic rings. The topological polar surface area (TPSA) is 46.6 Å². The maximum absolute atomic E-state index is 12.2. The summed E-state index contributed by atoms with van der Waals surface area (Å²) in [7, 11) is 0. The maximum atomic E-state index is 12.2. The number of halogens is 2. The van der Waals surface area contributed by atoms with Crippen LogP contribution in [0.1, 0.15) is 30.6 Å². The summed E-state index contributed by atoms with van der Waals surface area (Å²) in [6.07, 6.45) is 1.11. The fraction of sp³-hybridized carbons (Fsp3) is 0.500. The lowest BCUT2D eigenvalue weighted by Crippen LogP contribution is -2.44. The van der Waals surface area contributed by atoms with Crippen LogP contribution in [0.15, 0.2) is 18.2 Å². The molecule has 0 radical (unpaired) electrons. The summed E-state index contributed by atoms with van der Waals surface area (Å²) in [5, 5.41) is 0.642. The predicted molar refractivity (Wildman–Crippen MR) is 86.3 cm³/mol. The molecule has 0 N–H and O–H groups in total. The molecule has 1 saturated heterocycles. The molecule has 1 heterocycles. The first-order valence-corrected chi connectivity index (χ1v) is 8.02. The van der Waals surface area contributed by atoms with E-state index in [1.54, 1.807) is 11.0 Å². The fourth-order valence-electron chi connectivity index (χ4n) is 2.82. The van der Waals surface area contributed by atoms with Gasteiger partial charge in [-0.25, -0.2) is 4.79 Å². The average Bonchev–Trinajstić information content (AvgIpc) is 2.45. The summed E-state index contributed by atoms with van der Waals surface area (Å²) in [5.74, 6) is 0.111. The third-order valence-corrected chi connectivity index (χ3v) is 4.26. The van der Waals surface area contributed by atoms with Crippen molar-refractivity contribution in [1.29, 1.82) is 0 Å². The Morgan fingerprint density at radius 2 is 1.86 bits per heavy atom. The van der Waals surface area contributed by atoms with Gasteiger partial charge in [-0.05, 0) is 36.5 Å². The van der Waals surface area contributed by atoms with Crippen LogP contribution in [0.3, 0.4) is 0 Å². The predicted octanol–water partition coefficient (Wildman–Crippen LogP) is 3.65. The number of ether oxygens (including phenoxy) is 1. The number of nitrogens with zero attached hydrogens (tertiary/aromatic N) is 1. The van der Waals surface area contributed by atoms with E-state index in [9.17, 15) is 9.59 Å². The molecule has 1 aliphatic heterocycles. The van der Waals surface area contributed by atoms with Crippen molar-refractivity contribution < 1.29 is 14.3 Å². The molecule has 0 saturated carbocycles. The highest BCUT2D eigenvalue weighted by Crippen LogP contribution is 2.22. The lowest BCUT2D eigenvalue weighted by Gasteiger charge is -2.34. The van der Waals surface area contributed by atoms with E-state index in [-0.39, 0.29) is 23.1 Å². The molecule has 0 aromatic heterocycles. The third kappa shape index (κ3) is 4.37. The van der Waals surface area contributed by atoms with Crippen LogP contribution in [0.5, 0.6) is 0 Å². The number of esters is 1. The van der Waals surface area contributed by atoms with E-state index in [2.05, 4.69) is 13.8 Å².